The molecule has 5 heteroatoms. The highest BCUT2D eigenvalue weighted by atomic mass is 32.1. The normalized spacial score (nSPS) is 15.8. The molecule has 82 valence electrons. The monoisotopic (exact) mass is 226 g/mol. The fraction of sp³-hybridized carbons (Fsp3) is 0.600. The van der Waals surface area contributed by atoms with Crippen LogP contribution in [-0.2, 0) is 11.3 Å². The average Bonchev–Trinajstić information content (AvgIpc) is 2.80. The fourth-order valence-corrected chi connectivity index (χ4v) is 2.22. The van der Waals surface area contributed by atoms with Crippen LogP contribution < -0.4 is 0 Å². The highest BCUT2D eigenvalue weighted by Gasteiger charge is 2.25. The van der Waals surface area contributed by atoms with Gasteiger partial charge in [-0.1, -0.05) is 0 Å². The summed E-state index contributed by atoms with van der Waals surface area (Å²) in [7, 11) is 0. The van der Waals surface area contributed by atoms with Gasteiger partial charge in [0.25, 0.3) is 0 Å². The predicted octanol–water partition coefficient (Wildman–Crippen LogP) is 1.44. The molecule has 1 aromatic heterocycles. The van der Waals surface area contributed by atoms with Crippen molar-refractivity contribution in [1.82, 2.24) is 9.88 Å². The van der Waals surface area contributed by atoms with Gasteiger partial charge in [0.1, 0.15) is 0 Å². The molecule has 2 rings (SSSR count). The number of thiazole rings is 1. The molecule has 0 unspecified atom stereocenters. The molecule has 0 atom stereocenters. The first-order valence-corrected chi connectivity index (χ1v) is 5.93. The SMILES string of the molecule is O=C(O)CN(Cc1cncs1)CC1CC1. The quantitative estimate of drug-likeness (QED) is 0.797. The number of aliphatic carboxylic acids is 1. The lowest BCUT2D eigenvalue weighted by molar-refractivity contribution is -0.138. The van der Waals surface area contributed by atoms with Crippen LogP contribution in [0.25, 0.3) is 0 Å². The Balaban J connectivity index is 1.88. The third kappa shape index (κ3) is 3.60. The van der Waals surface area contributed by atoms with Gasteiger partial charge in [-0.3, -0.25) is 14.7 Å². The molecule has 1 fully saturated rings. The summed E-state index contributed by atoms with van der Waals surface area (Å²) in [5, 5.41) is 8.79. The van der Waals surface area contributed by atoms with Crippen LogP contribution in [0, 0.1) is 5.92 Å². The van der Waals surface area contributed by atoms with E-state index in [9.17, 15) is 4.79 Å². The maximum atomic E-state index is 10.7. The Morgan fingerprint density at radius 2 is 2.47 bits per heavy atom. The Hall–Kier alpha value is -0.940. The molecule has 1 saturated carbocycles. The maximum absolute atomic E-state index is 10.7. The van der Waals surface area contributed by atoms with E-state index in [1.807, 2.05) is 11.1 Å². The fourth-order valence-electron chi connectivity index (χ4n) is 1.58. The van der Waals surface area contributed by atoms with Gasteiger partial charge in [-0.25, -0.2) is 0 Å². The summed E-state index contributed by atoms with van der Waals surface area (Å²) < 4.78 is 0. The van der Waals surface area contributed by atoms with Gasteiger partial charge in [0, 0.05) is 24.2 Å². The molecule has 1 aliphatic carbocycles. The number of nitrogens with zero attached hydrogens (tertiary/aromatic N) is 2. The lowest BCUT2D eigenvalue weighted by atomic mass is 10.3. The van der Waals surface area contributed by atoms with Crippen molar-refractivity contribution in [2.75, 3.05) is 13.1 Å². The summed E-state index contributed by atoms with van der Waals surface area (Å²) in [6, 6.07) is 0. The second kappa shape index (κ2) is 4.72. The van der Waals surface area contributed by atoms with Gasteiger partial charge in [0.05, 0.1) is 12.1 Å². The highest BCUT2D eigenvalue weighted by molar-refractivity contribution is 7.09. The van der Waals surface area contributed by atoms with Crippen molar-refractivity contribution < 1.29 is 9.90 Å². The van der Waals surface area contributed by atoms with E-state index in [1.165, 1.54) is 12.8 Å². The van der Waals surface area contributed by atoms with Gasteiger partial charge >= 0.3 is 5.97 Å². The summed E-state index contributed by atoms with van der Waals surface area (Å²) in [5.41, 5.74) is 1.78. The van der Waals surface area contributed by atoms with Gasteiger partial charge in [-0.15, -0.1) is 11.3 Å². The van der Waals surface area contributed by atoms with E-state index in [-0.39, 0.29) is 6.54 Å². The van der Waals surface area contributed by atoms with Gasteiger partial charge in [-0.2, -0.15) is 0 Å². The van der Waals surface area contributed by atoms with Crippen LogP contribution in [0.3, 0.4) is 0 Å². The number of carboxylic acids is 1. The molecule has 4 nitrogen and oxygen atoms in total. The van der Waals surface area contributed by atoms with Crippen molar-refractivity contribution >= 4 is 17.3 Å². The van der Waals surface area contributed by atoms with Crippen molar-refractivity contribution in [3.05, 3.63) is 16.6 Å². The second-order valence-electron chi connectivity index (χ2n) is 3.97. The van der Waals surface area contributed by atoms with E-state index in [0.717, 1.165) is 17.3 Å². The number of rotatable bonds is 6. The third-order valence-electron chi connectivity index (χ3n) is 2.44. The number of hydrogen-bond donors (Lipinski definition) is 1. The Labute approximate surface area is 92.6 Å². The van der Waals surface area contributed by atoms with Crippen LogP contribution >= 0.6 is 11.3 Å². The summed E-state index contributed by atoms with van der Waals surface area (Å²) >= 11 is 1.58. The van der Waals surface area contributed by atoms with Crippen molar-refractivity contribution in [3.8, 4) is 0 Å². The zero-order valence-corrected chi connectivity index (χ0v) is 9.24. The van der Waals surface area contributed by atoms with Gasteiger partial charge in [0.2, 0.25) is 0 Å². The molecule has 0 radical (unpaired) electrons. The second-order valence-corrected chi connectivity index (χ2v) is 4.95. The van der Waals surface area contributed by atoms with Crippen LogP contribution in [0.2, 0.25) is 0 Å². The molecule has 0 aliphatic heterocycles. The van der Waals surface area contributed by atoms with Crippen LogP contribution in [0.4, 0.5) is 0 Å². The van der Waals surface area contributed by atoms with Crippen molar-refractivity contribution in [2.24, 2.45) is 5.92 Å². The van der Waals surface area contributed by atoms with Gasteiger partial charge in [0.15, 0.2) is 0 Å². The molecule has 0 saturated heterocycles. The van der Waals surface area contributed by atoms with E-state index in [2.05, 4.69) is 4.98 Å². The molecule has 0 aromatic carbocycles. The largest absolute Gasteiger partial charge is 0.480 e. The van der Waals surface area contributed by atoms with E-state index in [0.29, 0.717) is 6.54 Å². The number of hydrogen-bond acceptors (Lipinski definition) is 4. The van der Waals surface area contributed by atoms with Crippen LogP contribution in [0.5, 0.6) is 0 Å². The minimum absolute atomic E-state index is 0.133. The third-order valence-corrected chi connectivity index (χ3v) is 3.20. The van der Waals surface area contributed by atoms with Gasteiger partial charge < -0.3 is 5.11 Å². The van der Waals surface area contributed by atoms with Crippen LogP contribution in [0.15, 0.2) is 11.7 Å². The summed E-state index contributed by atoms with van der Waals surface area (Å²) in [6.07, 6.45) is 4.31. The van der Waals surface area contributed by atoms with E-state index in [1.54, 1.807) is 16.8 Å². The lowest BCUT2D eigenvalue weighted by Gasteiger charge is -2.18. The maximum Gasteiger partial charge on any atom is 0.317 e. The van der Waals surface area contributed by atoms with Crippen molar-refractivity contribution in [1.29, 1.82) is 0 Å². The Bertz CT molecular complexity index is 322. The zero-order valence-electron chi connectivity index (χ0n) is 8.43. The lowest BCUT2D eigenvalue weighted by Crippen LogP contribution is -2.30. The Morgan fingerprint density at radius 3 is 3.00 bits per heavy atom. The standard InChI is InChI=1S/C10H14N2O2S/c13-10(14)6-12(4-8-1-2-8)5-9-3-11-7-15-9/h3,7-8H,1-2,4-6H2,(H,13,14). The molecule has 0 amide bonds. The highest BCUT2D eigenvalue weighted by Crippen LogP contribution is 2.30. The van der Waals surface area contributed by atoms with Crippen LogP contribution in [0.1, 0.15) is 17.7 Å². The smallest absolute Gasteiger partial charge is 0.317 e. The zero-order chi connectivity index (χ0) is 10.7. The Kier molecular flexibility index (Phi) is 3.33. The molecular formula is C10H14N2O2S. The van der Waals surface area contributed by atoms with Crippen molar-refractivity contribution in [2.45, 2.75) is 19.4 Å². The molecule has 1 heterocycles. The molecule has 0 spiro atoms. The summed E-state index contributed by atoms with van der Waals surface area (Å²) in [5.74, 6) is -0.0302. The minimum Gasteiger partial charge on any atom is -0.480 e. The molecule has 15 heavy (non-hydrogen) atoms. The summed E-state index contributed by atoms with van der Waals surface area (Å²) in [4.78, 5) is 17.8. The molecular weight excluding hydrogens is 212 g/mol. The minimum atomic E-state index is -0.750. The van der Waals surface area contributed by atoms with E-state index < -0.39 is 5.97 Å². The summed E-state index contributed by atoms with van der Waals surface area (Å²) in [6.45, 7) is 1.76. The molecule has 0 bridgehead atoms. The average molecular weight is 226 g/mol. The molecule has 1 N–H and O–H groups in total. The molecule has 1 aromatic rings. The number of carbonyl (C=O) groups is 1. The first-order valence-electron chi connectivity index (χ1n) is 5.05. The first-order chi connectivity index (χ1) is 7.24. The number of carboxylic acid groups (broad SMARTS) is 1. The van der Waals surface area contributed by atoms with Crippen molar-refractivity contribution in [3.63, 3.8) is 0 Å². The predicted molar refractivity (Wildman–Crippen MR) is 57.8 cm³/mol. The topological polar surface area (TPSA) is 53.4 Å². The van der Waals surface area contributed by atoms with Gasteiger partial charge in [-0.05, 0) is 18.8 Å². The first kappa shape index (κ1) is 10.6. The Morgan fingerprint density at radius 1 is 1.67 bits per heavy atom. The van der Waals surface area contributed by atoms with Crippen LogP contribution in [-0.4, -0.2) is 34.0 Å². The van der Waals surface area contributed by atoms with E-state index in [4.69, 9.17) is 5.11 Å². The molecule has 1 aliphatic rings. The van der Waals surface area contributed by atoms with E-state index >= 15 is 0 Å². The number of aromatic nitrogens is 1.